The van der Waals surface area contributed by atoms with Crippen LogP contribution in [0, 0.1) is 0 Å². The molecule has 0 spiro atoms. The second-order valence-corrected chi connectivity index (χ2v) is 2.33. The van der Waals surface area contributed by atoms with Gasteiger partial charge in [-0.25, -0.2) is 4.39 Å². The number of halogens is 1. The number of carboxylic acid groups (broad SMARTS) is 1. The summed E-state index contributed by atoms with van der Waals surface area (Å²) >= 11 is 0. The van der Waals surface area contributed by atoms with Gasteiger partial charge in [0.2, 0.25) is 5.91 Å². The Hall–Kier alpha value is -1.17. The molecule has 4 N–H and O–H groups in total. The van der Waals surface area contributed by atoms with E-state index in [0.29, 0.717) is 0 Å². The van der Waals surface area contributed by atoms with Crippen LogP contribution >= 0.6 is 0 Å². The van der Waals surface area contributed by atoms with Gasteiger partial charge in [-0.15, -0.1) is 0 Å². The lowest BCUT2D eigenvalue weighted by Crippen LogP contribution is -2.48. The maximum absolute atomic E-state index is 11.8. The average molecular weight is 178 g/mol. The van der Waals surface area contributed by atoms with Crippen molar-refractivity contribution < 1.29 is 19.1 Å². The number of hydrogen-bond acceptors (Lipinski definition) is 3. The largest absolute Gasteiger partial charge is 0.480 e. The Morgan fingerprint density at radius 1 is 1.67 bits per heavy atom. The Labute approximate surface area is 68.7 Å². The van der Waals surface area contributed by atoms with Crippen LogP contribution in [0.25, 0.3) is 0 Å². The first-order chi connectivity index (χ1) is 5.49. The highest BCUT2D eigenvalue weighted by molar-refractivity contribution is 5.86. The minimum Gasteiger partial charge on any atom is -0.480 e. The van der Waals surface area contributed by atoms with Gasteiger partial charge in [0, 0.05) is 0 Å². The van der Waals surface area contributed by atoms with E-state index in [-0.39, 0.29) is 0 Å². The van der Waals surface area contributed by atoms with Gasteiger partial charge >= 0.3 is 5.97 Å². The summed E-state index contributed by atoms with van der Waals surface area (Å²) in [5, 5.41) is 10.4. The molecule has 0 aliphatic carbocycles. The number of carbonyl (C=O) groups excluding carboxylic acids is 1. The summed E-state index contributed by atoms with van der Waals surface area (Å²) in [5.41, 5.74) is 4.98. The maximum Gasteiger partial charge on any atom is 0.325 e. The van der Waals surface area contributed by atoms with Gasteiger partial charge in [0.1, 0.15) is 18.8 Å². The second-order valence-electron chi connectivity index (χ2n) is 2.33. The predicted molar refractivity (Wildman–Crippen MR) is 39.2 cm³/mol. The van der Waals surface area contributed by atoms with Crippen LogP contribution in [-0.4, -0.2) is 35.7 Å². The SMILES string of the molecule is C[C@H](NC(=O)[C@H](N)CF)C(=O)O. The highest BCUT2D eigenvalue weighted by atomic mass is 19.1. The van der Waals surface area contributed by atoms with Crippen molar-refractivity contribution in [2.75, 3.05) is 6.67 Å². The van der Waals surface area contributed by atoms with E-state index in [9.17, 15) is 14.0 Å². The molecular weight excluding hydrogens is 167 g/mol. The van der Waals surface area contributed by atoms with Crippen LogP contribution in [0.15, 0.2) is 0 Å². The van der Waals surface area contributed by atoms with Crippen LogP contribution in [-0.2, 0) is 9.59 Å². The standard InChI is InChI=1S/C6H11FN2O3/c1-3(6(11)12)9-5(10)4(8)2-7/h3-4H,2,8H2,1H3,(H,9,10)(H,11,12)/t3-,4+/m0/s1. The molecule has 70 valence electrons. The van der Waals surface area contributed by atoms with E-state index in [1.165, 1.54) is 6.92 Å². The van der Waals surface area contributed by atoms with E-state index < -0.39 is 30.6 Å². The van der Waals surface area contributed by atoms with Crippen LogP contribution in [0.3, 0.4) is 0 Å². The van der Waals surface area contributed by atoms with Crippen molar-refractivity contribution in [2.24, 2.45) is 5.73 Å². The maximum atomic E-state index is 11.8. The van der Waals surface area contributed by atoms with E-state index in [1.807, 2.05) is 5.32 Å². The van der Waals surface area contributed by atoms with E-state index in [2.05, 4.69) is 0 Å². The van der Waals surface area contributed by atoms with Crippen molar-refractivity contribution in [3.8, 4) is 0 Å². The molecule has 1 amide bonds. The van der Waals surface area contributed by atoms with Gasteiger partial charge in [0.25, 0.3) is 0 Å². The average Bonchev–Trinajstić information content (AvgIpc) is 2.02. The molecule has 6 heteroatoms. The molecule has 0 rings (SSSR count). The molecule has 0 aromatic rings. The molecule has 12 heavy (non-hydrogen) atoms. The van der Waals surface area contributed by atoms with E-state index in [0.717, 1.165) is 0 Å². The second kappa shape index (κ2) is 4.66. The van der Waals surface area contributed by atoms with Crippen LogP contribution in [0.4, 0.5) is 4.39 Å². The van der Waals surface area contributed by atoms with Crippen molar-refractivity contribution in [3.63, 3.8) is 0 Å². The fourth-order valence-corrected chi connectivity index (χ4v) is 0.452. The highest BCUT2D eigenvalue weighted by Gasteiger charge is 2.18. The molecule has 0 bridgehead atoms. The Kier molecular flexibility index (Phi) is 4.20. The van der Waals surface area contributed by atoms with E-state index in [4.69, 9.17) is 10.8 Å². The molecule has 0 unspecified atom stereocenters. The zero-order chi connectivity index (χ0) is 9.72. The van der Waals surface area contributed by atoms with Gasteiger partial charge in [-0.1, -0.05) is 0 Å². The molecular formula is C6H11FN2O3. The first-order valence-corrected chi connectivity index (χ1v) is 3.33. The normalized spacial score (nSPS) is 14.9. The number of amides is 1. The zero-order valence-electron chi connectivity index (χ0n) is 6.58. The first kappa shape index (κ1) is 10.8. The van der Waals surface area contributed by atoms with Gasteiger partial charge in [0.05, 0.1) is 0 Å². The van der Waals surface area contributed by atoms with Crippen LogP contribution in [0.2, 0.25) is 0 Å². The van der Waals surface area contributed by atoms with Crippen molar-refractivity contribution in [1.29, 1.82) is 0 Å². The Morgan fingerprint density at radius 2 is 2.17 bits per heavy atom. The number of alkyl halides is 1. The smallest absolute Gasteiger partial charge is 0.325 e. The topological polar surface area (TPSA) is 92.4 Å². The number of nitrogens with two attached hydrogens (primary N) is 1. The van der Waals surface area contributed by atoms with Crippen molar-refractivity contribution in [3.05, 3.63) is 0 Å². The molecule has 0 aliphatic rings. The van der Waals surface area contributed by atoms with Crippen LogP contribution in [0.1, 0.15) is 6.92 Å². The fourth-order valence-electron chi connectivity index (χ4n) is 0.452. The Balaban J connectivity index is 3.92. The van der Waals surface area contributed by atoms with Crippen molar-refractivity contribution in [1.82, 2.24) is 5.32 Å². The molecule has 5 nitrogen and oxygen atoms in total. The highest BCUT2D eigenvalue weighted by Crippen LogP contribution is 1.85. The lowest BCUT2D eigenvalue weighted by atomic mass is 10.3. The summed E-state index contributed by atoms with van der Waals surface area (Å²) in [5.74, 6) is -1.98. The Morgan fingerprint density at radius 3 is 2.50 bits per heavy atom. The van der Waals surface area contributed by atoms with Gasteiger partial charge < -0.3 is 16.2 Å². The van der Waals surface area contributed by atoms with Gasteiger partial charge in [0.15, 0.2) is 0 Å². The van der Waals surface area contributed by atoms with Gasteiger partial charge in [-0.2, -0.15) is 0 Å². The minimum absolute atomic E-state index is 0.799. The minimum atomic E-state index is -1.29. The molecule has 0 radical (unpaired) electrons. The lowest BCUT2D eigenvalue weighted by molar-refractivity contribution is -0.141. The summed E-state index contributed by atoms with van der Waals surface area (Å²) in [7, 11) is 0. The van der Waals surface area contributed by atoms with E-state index >= 15 is 0 Å². The quantitative estimate of drug-likeness (QED) is 0.508. The number of carboxylic acids is 1. The zero-order valence-corrected chi connectivity index (χ0v) is 6.58. The number of rotatable bonds is 4. The molecule has 0 saturated heterocycles. The summed E-state index contributed by atoms with van der Waals surface area (Å²) < 4.78 is 11.8. The summed E-state index contributed by atoms with van der Waals surface area (Å²) in [6, 6.07) is -2.33. The van der Waals surface area contributed by atoms with Gasteiger partial charge in [-0.05, 0) is 6.92 Å². The molecule has 0 fully saturated rings. The third kappa shape index (κ3) is 3.29. The fraction of sp³-hybridized carbons (Fsp3) is 0.667. The molecule has 2 atom stereocenters. The van der Waals surface area contributed by atoms with Crippen LogP contribution in [0.5, 0.6) is 0 Å². The molecule has 0 aliphatic heterocycles. The summed E-state index contributed by atoms with van der Waals surface area (Å²) in [6.45, 7) is 0.267. The third-order valence-electron chi connectivity index (χ3n) is 1.23. The van der Waals surface area contributed by atoms with E-state index in [1.54, 1.807) is 0 Å². The number of aliphatic carboxylic acids is 1. The van der Waals surface area contributed by atoms with Gasteiger partial charge in [-0.3, -0.25) is 9.59 Å². The van der Waals surface area contributed by atoms with Crippen molar-refractivity contribution in [2.45, 2.75) is 19.0 Å². The number of hydrogen-bond donors (Lipinski definition) is 3. The molecule has 0 heterocycles. The summed E-state index contributed by atoms with van der Waals surface area (Å²) in [4.78, 5) is 20.9. The van der Waals surface area contributed by atoms with Crippen molar-refractivity contribution >= 4 is 11.9 Å². The molecule has 0 saturated carbocycles. The summed E-state index contributed by atoms with van der Waals surface area (Å²) in [6.07, 6.45) is 0. The lowest BCUT2D eigenvalue weighted by Gasteiger charge is -2.11. The first-order valence-electron chi connectivity index (χ1n) is 3.33. The van der Waals surface area contributed by atoms with Crippen LogP contribution < -0.4 is 11.1 Å². The molecule has 0 aromatic heterocycles. The number of nitrogens with one attached hydrogen (secondary N) is 1. The predicted octanol–water partition coefficient (Wildman–Crippen LogP) is -1.13. The third-order valence-corrected chi connectivity index (χ3v) is 1.23. The monoisotopic (exact) mass is 178 g/mol. The molecule has 0 aromatic carbocycles. The Bertz CT molecular complexity index is 186. The number of carbonyl (C=O) groups is 2.